The molecule has 0 unspecified atom stereocenters. The van der Waals surface area contributed by atoms with Gasteiger partial charge in [0.25, 0.3) is 0 Å². The summed E-state index contributed by atoms with van der Waals surface area (Å²) in [6.45, 7) is 9.02. The van der Waals surface area contributed by atoms with Gasteiger partial charge in [0.05, 0.1) is 11.4 Å². The normalized spacial score (nSPS) is 18.6. The molecule has 94 valence electrons. The largest absolute Gasteiger partial charge is 0.381 e. The van der Waals surface area contributed by atoms with Crippen LogP contribution in [0.15, 0.2) is 18.3 Å². The molecule has 0 spiro atoms. The third kappa shape index (κ3) is 3.19. The second kappa shape index (κ2) is 5.50. The van der Waals surface area contributed by atoms with Gasteiger partial charge in [0.2, 0.25) is 0 Å². The molecule has 17 heavy (non-hydrogen) atoms. The highest BCUT2D eigenvalue weighted by molar-refractivity contribution is 5.47. The second-order valence-electron chi connectivity index (χ2n) is 5.18. The minimum atomic E-state index is 0.605. The van der Waals surface area contributed by atoms with E-state index in [1.54, 1.807) is 0 Å². The molecule has 1 fully saturated rings. The van der Waals surface area contributed by atoms with Gasteiger partial charge in [-0.15, -0.1) is 0 Å². The summed E-state index contributed by atoms with van der Waals surface area (Å²) < 4.78 is 0. The number of anilines is 1. The van der Waals surface area contributed by atoms with E-state index in [0.717, 1.165) is 5.69 Å². The number of pyridine rings is 1. The molecule has 0 aromatic carbocycles. The van der Waals surface area contributed by atoms with Crippen molar-refractivity contribution in [2.45, 2.75) is 45.7 Å². The summed E-state index contributed by atoms with van der Waals surface area (Å²) in [6, 6.07) is 5.40. The average molecular weight is 233 g/mol. The quantitative estimate of drug-likeness (QED) is 0.870. The number of hydrogen-bond acceptors (Lipinski definition) is 3. The zero-order valence-corrected chi connectivity index (χ0v) is 11.1. The number of aromatic nitrogens is 1. The van der Waals surface area contributed by atoms with E-state index >= 15 is 0 Å². The predicted molar refractivity (Wildman–Crippen MR) is 72.3 cm³/mol. The highest BCUT2D eigenvalue weighted by Crippen LogP contribution is 2.19. The van der Waals surface area contributed by atoms with Gasteiger partial charge in [-0.25, -0.2) is 0 Å². The van der Waals surface area contributed by atoms with Crippen LogP contribution in [0.2, 0.25) is 0 Å². The maximum absolute atomic E-state index is 4.31. The minimum Gasteiger partial charge on any atom is -0.381 e. The summed E-state index contributed by atoms with van der Waals surface area (Å²) >= 11 is 0. The van der Waals surface area contributed by atoms with Gasteiger partial charge in [-0.2, -0.15) is 0 Å². The summed E-state index contributed by atoms with van der Waals surface area (Å²) in [5, 5.41) is 3.62. The van der Waals surface area contributed by atoms with E-state index in [1.807, 2.05) is 12.3 Å². The molecule has 3 heteroatoms. The third-order valence-electron chi connectivity index (χ3n) is 3.63. The van der Waals surface area contributed by atoms with E-state index in [9.17, 15) is 0 Å². The lowest BCUT2D eigenvalue weighted by molar-refractivity contribution is 0.177. The zero-order chi connectivity index (χ0) is 12.3. The molecule has 0 radical (unpaired) electrons. The first-order valence-corrected chi connectivity index (χ1v) is 6.59. The maximum Gasteiger partial charge on any atom is 0.0603 e. The highest BCUT2D eigenvalue weighted by Gasteiger charge is 2.20. The standard InChI is InChI=1S/C14H23N3/c1-11(2)17-9-6-13(7-10-17)16-14-5-4-8-15-12(14)3/h4-5,8,11,13,16H,6-7,9-10H2,1-3H3. The monoisotopic (exact) mass is 233 g/mol. The first kappa shape index (κ1) is 12.4. The van der Waals surface area contributed by atoms with Gasteiger partial charge in [0.15, 0.2) is 0 Å². The van der Waals surface area contributed by atoms with E-state index in [2.05, 4.69) is 42.0 Å². The Morgan fingerprint density at radius 1 is 1.35 bits per heavy atom. The predicted octanol–water partition coefficient (Wildman–Crippen LogP) is 2.67. The van der Waals surface area contributed by atoms with Crippen LogP contribution >= 0.6 is 0 Å². The molecule has 2 rings (SSSR count). The molecule has 0 atom stereocenters. The Balaban J connectivity index is 1.88. The first-order chi connectivity index (χ1) is 8.16. The number of aryl methyl sites for hydroxylation is 1. The third-order valence-corrected chi connectivity index (χ3v) is 3.63. The van der Waals surface area contributed by atoms with Gasteiger partial charge in [-0.1, -0.05) is 0 Å². The Morgan fingerprint density at radius 3 is 2.65 bits per heavy atom. The summed E-state index contributed by atoms with van der Waals surface area (Å²) in [4.78, 5) is 6.86. The average Bonchev–Trinajstić information content (AvgIpc) is 2.33. The van der Waals surface area contributed by atoms with Crippen molar-refractivity contribution in [3.05, 3.63) is 24.0 Å². The van der Waals surface area contributed by atoms with Crippen LogP contribution in [-0.4, -0.2) is 35.1 Å². The van der Waals surface area contributed by atoms with Crippen LogP contribution in [0.25, 0.3) is 0 Å². The fourth-order valence-electron chi connectivity index (χ4n) is 2.42. The van der Waals surface area contributed by atoms with Crippen molar-refractivity contribution in [2.24, 2.45) is 0 Å². The maximum atomic E-state index is 4.31. The Hall–Kier alpha value is -1.09. The fraction of sp³-hybridized carbons (Fsp3) is 0.643. The molecule has 1 aromatic rings. The van der Waals surface area contributed by atoms with E-state index in [4.69, 9.17) is 0 Å². The summed E-state index contributed by atoms with van der Waals surface area (Å²) in [5.41, 5.74) is 2.29. The molecule has 1 aromatic heterocycles. The van der Waals surface area contributed by atoms with Crippen LogP contribution in [0.4, 0.5) is 5.69 Å². The fourth-order valence-corrected chi connectivity index (χ4v) is 2.42. The molecule has 1 aliphatic rings. The van der Waals surface area contributed by atoms with Gasteiger partial charge in [0.1, 0.15) is 0 Å². The summed E-state index contributed by atoms with van der Waals surface area (Å²) in [6.07, 6.45) is 4.31. The number of nitrogens with zero attached hydrogens (tertiary/aromatic N) is 2. The lowest BCUT2D eigenvalue weighted by Gasteiger charge is -2.35. The van der Waals surface area contributed by atoms with Crippen LogP contribution in [0.1, 0.15) is 32.4 Å². The minimum absolute atomic E-state index is 0.605. The van der Waals surface area contributed by atoms with Gasteiger partial charge in [-0.3, -0.25) is 4.98 Å². The Kier molecular flexibility index (Phi) is 4.00. The van der Waals surface area contributed by atoms with Crippen molar-refractivity contribution < 1.29 is 0 Å². The van der Waals surface area contributed by atoms with Crippen molar-refractivity contribution in [1.29, 1.82) is 0 Å². The number of hydrogen-bond donors (Lipinski definition) is 1. The highest BCUT2D eigenvalue weighted by atomic mass is 15.2. The van der Waals surface area contributed by atoms with E-state index < -0.39 is 0 Å². The zero-order valence-electron chi connectivity index (χ0n) is 11.1. The first-order valence-electron chi connectivity index (χ1n) is 6.59. The molecule has 3 nitrogen and oxygen atoms in total. The Morgan fingerprint density at radius 2 is 2.06 bits per heavy atom. The Bertz CT molecular complexity index is 354. The van der Waals surface area contributed by atoms with E-state index in [0.29, 0.717) is 12.1 Å². The summed E-state index contributed by atoms with van der Waals surface area (Å²) in [7, 11) is 0. The van der Waals surface area contributed by atoms with Crippen molar-refractivity contribution in [1.82, 2.24) is 9.88 Å². The van der Waals surface area contributed by atoms with E-state index in [1.165, 1.54) is 31.6 Å². The molecular formula is C14H23N3. The van der Waals surface area contributed by atoms with Gasteiger partial charge in [-0.05, 0) is 45.7 Å². The topological polar surface area (TPSA) is 28.2 Å². The van der Waals surface area contributed by atoms with Crippen molar-refractivity contribution in [3.8, 4) is 0 Å². The van der Waals surface area contributed by atoms with Crippen LogP contribution < -0.4 is 5.32 Å². The molecule has 1 saturated heterocycles. The smallest absolute Gasteiger partial charge is 0.0603 e. The van der Waals surface area contributed by atoms with Crippen LogP contribution in [0.5, 0.6) is 0 Å². The van der Waals surface area contributed by atoms with Gasteiger partial charge < -0.3 is 10.2 Å². The Labute approximate surface area is 104 Å². The number of rotatable bonds is 3. The molecule has 1 N–H and O–H groups in total. The van der Waals surface area contributed by atoms with E-state index in [-0.39, 0.29) is 0 Å². The van der Waals surface area contributed by atoms with Gasteiger partial charge in [0, 0.05) is 31.4 Å². The van der Waals surface area contributed by atoms with Crippen LogP contribution in [0.3, 0.4) is 0 Å². The molecule has 0 aliphatic carbocycles. The lowest BCUT2D eigenvalue weighted by atomic mass is 10.0. The van der Waals surface area contributed by atoms with Crippen molar-refractivity contribution >= 4 is 5.69 Å². The molecule has 2 heterocycles. The lowest BCUT2D eigenvalue weighted by Crippen LogP contribution is -2.42. The number of nitrogens with one attached hydrogen (secondary N) is 1. The van der Waals surface area contributed by atoms with Gasteiger partial charge >= 0.3 is 0 Å². The van der Waals surface area contributed by atoms with Crippen LogP contribution in [-0.2, 0) is 0 Å². The van der Waals surface area contributed by atoms with Crippen molar-refractivity contribution in [2.75, 3.05) is 18.4 Å². The molecule has 1 aliphatic heterocycles. The molecular weight excluding hydrogens is 210 g/mol. The molecule has 0 bridgehead atoms. The van der Waals surface area contributed by atoms with Crippen LogP contribution in [0, 0.1) is 6.92 Å². The molecule has 0 saturated carbocycles. The SMILES string of the molecule is Cc1ncccc1NC1CCN(C(C)C)CC1. The number of piperidine rings is 1. The second-order valence-corrected chi connectivity index (χ2v) is 5.18. The number of likely N-dealkylation sites (tertiary alicyclic amines) is 1. The molecule has 0 amide bonds. The van der Waals surface area contributed by atoms with Crippen molar-refractivity contribution in [3.63, 3.8) is 0 Å². The summed E-state index contributed by atoms with van der Waals surface area (Å²) in [5.74, 6) is 0.